The third-order valence-electron chi connectivity index (χ3n) is 2.81. The molecule has 2 rings (SSSR count). The van der Waals surface area contributed by atoms with E-state index in [0.717, 1.165) is 0 Å². The maximum Gasteiger partial charge on any atom is 0.247 e. The maximum absolute atomic E-state index is 12.3. The van der Waals surface area contributed by atoms with Gasteiger partial charge in [0, 0.05) is 24.5 Å². The van der Waals surface area contributed by atoms with E-state index in [0.29, 0.717) is 12.4 Å². The van der Waals surface area contributed by atoms with Crippen LogP contribution in [0, 0.1) is 0 Å². The number of nitrogens with one attached hydrogen (secondary N) is 1. The molecule has 92 valence electrons. The van der Waals surface area contributed by atoms with Crippen LogP contribution in [0.3, 0.4) is 0 Å². The van der Waals surface area contributed by atoms with Gasteiger partial charge in [-0.2, -0.15) is 0 Å². The van der Waals surface area contributed by atoms with Gasteiger partial charge in [-0.25, -0.2) is 4.98 Å². The van der Waals surface area contributed by atoms with Crippen molar-refractivity contribution >= 4 is 11.7 Å². The predicted octanol–water partition coefficient (Wildman–Crippen LogP) is 0.970. The lowest BCUT2D eigenvalue weighted by molar-refractivity contribution is -0.126. The minimum atomic E-state index is -0.584. The third-order valence-corrected chi connectivity index (χ3v) is 2.81. The van der Waals surface area contributed by atoms with E-state index >= 15 is 0 Å². The SMILES string of the molecule is CC1(C)CN(c2cnccn2)C(=O)C(C)(C)N1. The molecule has 1 aromatic heterocycles. The molecule has 1 amide bonds. The van der Waals surface area contributed by atoms with Crippen LogP contribution in [0.15, 0.2) is 18.6 Å². The molecule has 1 fully saturated rings. The van der Waals surface area contributed by atoms with E-state index in [4.69, 9.17) is 0 Å². The number of piperazine rings is 1. The van der Waals surface area contributed by atoms with Gasteiger partial charge in [-0.05, 0) is 27.7 Å². The van der Waals surface area contributed by atoms with E-state index in [-0.39, 0.29) is 11.4 Å². The summed E-state index contributed by atoms with van der Waals surface area (Å²) in [4.78, 5) is 22.2. The van der Waals surface area contributed by atoms with Crippen molar-refractivity contribution in [3.05, 3.63) is 18.6 Å². The lowest BCUT2D eigenvalue weighted by Crippen LogP contribution is -2.70. The molecule has 2 heterocycles. The number of rotatable bonds is 1. The highest BCUT2D eigenvalue weighted by Gasteiger charge is 2.44. The zero-order chi connectivity index (χ0) is 12.7. The Balaban J connectivity index is 2.37. The Hall–Kier alpha value is -1.49. The molecule has 0 unspecified atom stereocenters. The number of carbonyl (C=O) groups is 1. The first-order chi connectivity index (χ1) is 7.82. The number of hydrogen-bond donors (Lipinski definition) is 1. The molecule has 0 spiro atoms. The van der Waals surface area contributed by atoms with E-state index in [9.17, 15) is 4.79 Å². The van der Waals surface area contributed by atoms with Crippen molar-refractivity contribution < 1.29 is 4.79 Å². The molecule has 0 aliphatic carbocycles. The van der Waals surface area contributed by atoms with Crippen LogP contribution < -0.4 is 10.2 Å². The Labute approximate surface area is 101 Å². The van der Waals surface area contributed by atoms with Crippen LogP contribution in [0.4, 0.5) is 5.82 Å². The molecule has 1 aliphatic heterocycles. The highest BCUT2D eigenvalue weighted by atomic mass is 16.2. The van der Waals surface area contributed by atoms with Gasteiger partial charge in [-0.15, -0.1) is 0 Å². The zero-order valence-corrected chi connectivity index (χ0v) is 10.7. The van der Waals surface area contributed by atoms with Gasteiger partial charge in [0.1, 0.15) is 0 Å². The van der Waals surface area contributed by atoms with Crippen LogP contribution in [-0.4, -0.2) is 33.5 Å². The Bertz CT molecular complexity index is 427. The van der Waals surface area contributed by atoms with E-state index < -0.39 is 5.54 Å². The van der Waals surface area contributed by atoms with Crippen LogP contribution >= 0.6 is 0 Å². The summed E-state index contributed by atoms with van der Waals surface area (Å²) in [6, 6.07) is 0. The average molecular weight is 234 g/mol. The maximum atomic E-state index is 12.3. The summed E-state index contributed by atoms with van der Waals surface area (Å²) >= 11 is 0. The number of amides is 1. The van der Waals surface area contributed by atoms with Gasteiger partial charge >= 0.3 is 0 Å². The molecule has 0 saturated carbocycles. The Kier molecular flexibility index (Phi) is 2.66. The van der Waals surface area contributed by atoms with Gasteiger partial charge in [0.05, 0.1) is 11.7 Å². The molecule has 5 heteroatoms. The summed E-state index contributed by atoms with van der Waals surface area (Å²) in [7, 11) is 0. The molecule has 0 radical (unpaired) electrons. The molecule has 0 atom stereocenters. The number of aromatic nitrogens is 2. The van der Waals surface area contributed by atoms with Crippen molar-refractivity contribution in [2.45, 2.75) is 38.8 Å². The summed E-state index contributed by atoms with van der Waals surface area (Å²) in [6.07, 6.45) is 4.83. The molecule has 17 heavy (non-hydrogen) atoms. The minimum absolute atomic E-state index is 0.0253. The molecular weight excluding hydrogens is 216 g/mol. The molecule has 1 N–H and O–H groups in total. The molecule has 1 aromatic rings. The number of carbonyl (C=O) groups excluding carboxylic acids is 1. The van der Waals surface area contributed by atoms with Crippen molar-refractivity contribution in [2.24, 2.45) is 0 Å². The van der Waals surface area contributed by atoms with Crippen LogP contribution in [0.25, 0.3) is 0 Å². The monoisotopic (exact) mass is 234 g/mol. The quantitative estimate of drug-likeness (QED) is 0.786. The first-order valence-electron chi connectivity index (χ1n) is 5.69. The molecule has 0 aromatic carbocycles. The first kappa shape index (κ1) is 12.0. The van der Waals surface area contributed by atoms with Gasteiger partial charge in [-0.3, -0.25) is 20.0 Å². The van der Waals surface area contributed by atoms with Crippen molar-refractivity contribution in [1.29, 1.82) is 0 Å². The fourth-order valence-electron chi connectivity index (χ4n) is 2.36. The summed E-state index contributed by atoms with van der Waals surface area (Å²) in [6.45, 7) is 8.52. The van der Waals surface area contributed by atoms with E-state index in [1.165, 1.54) is 0 Å². The molecule has 1 aliphatic rings. The molecular formula is C12H18N4O. The number of nitrogens with zero attached hydrogens (tertiary/aromatic N) is 3. The summed E-state index contributed by atoms with van der Waals surface area (Å²) in [5, 5.41) is 3.34. The molecule has 5 nitrogen and oxygen atoms in total. The van der Waals surface area contributed by atoms with Crippen molar-refractivity contribution in [3.63, 3.8) is 0 Å². The van der Waals surface area contributed by atoms with Gasteiger partial charge in [0.2, 0.25) is 5.91 Å². The second-order valence-electron chi connectivity index (χ2n) is 5.59. The van der Waals surface area contributed by atoms with Gasteiger partial charge in [0.15, 0.2) is 5.82 Å². The average Bonchev–Trinajstić information content (AvgIpc) is 2.23. The van der Waals surface area contributed by atoms with Crippen molar-refractivity contribution in [1.82, 2.24) is 15.3 Å². The smallest absolute Gasteiger partial charge is 0.247 e. The Morgan fingerprint density at radius 1 is 1.29 bits per heavy atom. The second-order valence-corrected chi connectivity index (χ2v) is 5.59. The second kappa shape index (κ2) is 3.77. The van der Waals surface area contributed by atoms with E-state index in [1.54, 1.807) is 23.5 Å². The van der Waals surface area contributed by atoms with Gasteiger partial charge in [0.25, 0.3) is 0 Å². The van der Waals surface area contributed by atoms with Gasteiger partial charge < -0.3 is 0 Å². The fourth-order valence-corrected chi connectivity index (χ4v) is 2.36. The largest absolute Gasteiger partial charge is 0.297 e. The first-order valence-corrected chi connectivity index (χ1v) is 5.69. The van der Waals surface area contributed by atoms with Gasteiger partial charge in [-0.1, -0.05) is 0 Å². The van der Waals surface area contributed by atoms with Crippen LogP contribution in [-0.2, 0) is 4.79 Å². The zero-order valence-electron chi connectivity index (χ0n) is 10.7. The molecule has 1 saturated heterocycles. The summed E-state index contributed by atoms with van der Waals surface area (Å²) in [5.74, 6) is 0.637. The number of hydrogen-bond acceptors (Lipinski definition) is 4. The van der Waals surface area contributed by atoms with Crippen molar-refractivity contribution in [3.8, 4) is 0 Å². The standard InChI is InChI=1S/C12H18N4O/c1-11(2)8-16(9-7-13-5-6-14-9)10(17)12(3,4)15-11/h5-7,15H,8H2,1-4H3. The van der Waals surface area contributed by atoms with E-state index in [2.05, 4.69) is 29.1 Å². The lowest BCUT2D eigenvalue weighted by atomic mass is 9.90. The Morgan fingerprint density at radius 2 is 2.00 bits per heavy atom. The normalized spacial score (nSPS) is 22.6. The lowest BCUT2D eigenvalue weighted by Gasteiger charge is -2.46. The predicted molar refractivity (Wildman–Crippen MR) is 65.7 cm³/mol. The molecule has 0 bridgehead atoms. The fraction of sp³-hybridized carbons (Fsp3) is 0.583. The highest BCUT2D eigenvalue weighted by Crippen LogP contribution is 2.25. The summed E-state index contributed by atoms with van der Waals surface area (Å²) < 4.78 is 0. The van der Waals surface area contributed by atoms with Crippen LogP contribution in [0.1, 0.15) is 27.7 Å². The Morgan fingerprint density at radius 3 is 2.59 bits per heavy atom. The van der Waals surface area contributed by atoms with Crippen LogP contribution in [0.5, 0.6) is 0 Å². The van der Waals surface area contributed by atoms with E-state index in [1.807, 2.05) is 13.8 Å². The third kappa shape index (κ3) is 2.29. The minimum Gasteiger partial charge on any atom is -0.297 e. The summed E-state index contributed by atoms with van der Waals surface area (Å²) in [5.41, 5.74) is -0.728. The topological polar surface area (TPSA) is 58.1 Å². The van der Waals surface area contributed by atoms with Crippen LogP contribution in [0.2, 0.25) is 0 Å². The number of anilines is 1. The van der Waals surface area contributed by atoms with Crippen molar-refractivity contribution in [2.75, 3.05) is 11.4 Å². The highest BCUT2D eigenvalue weighted by molar-refractivity contribution is 6.00.